The summed E-state index contributed by atoms with van der Waals surface area (Å²) in [4.78, 5) is 12.3. The predicted octanol–water partition coefficient (Wildman–Crippen LogP) is 3.78. The van der Waals surface area contributed by atoms with Crippen molar-refractivity contribution >= 4 is 37.5 Å². The van der Waals surface area contributed by atoms with E-state index < -0.39 is 15.9 Å². The number of amides is 1. The van der Waals surface area contributed by atoms with E-state index in [0.717, 1.165) is 29.3 Å². The molecule has 1 aromatic carbocycles. The van der Waals surface area contributed by atoms with E-state index in [1.165, 1.54) is 16.4 Å². The fraction of sp³-hybridized carbons (Fsp3) is 0.353. The molecule has 1 saturated heterocycles. The van der Waals surface area contributed by atoms with E-state index in [4.69, 9.17) is 4.42 Å². The minimum absolute atomic E-state index is 0.0313. The van der Waals surface area contributed by atoms with Gasteiger partial charge in [0.2, 0.25) is 5.09 Å². The molecule has 1 aromatic heterocycles. The second kappa shape index (κ2) is 7.31. The van der Waals surface area contributed by atoms with Crippen molar-refractivity contribution in [1.29, 1.82) is 0 Å². The Labute approximate surface area is 155 Å². The molecule has 6 nitrogen and oxygen atoms in total. The highest BCUT2D eigenvalue weighted by Gasteiger charge is 2.29. The number of carbonyl (C=O) groups excluding carboxylic acids is 1. The number of halogens is 1. The third-order valence-corrected chi connectivity index (χ3v) is 6.79. The van der Waals surface area contributed by atoms with Crippen LogP contribution in [0.15, 0.2) is 44.3 Å². The first-order valence-corrected chi connectivity index (χ1v) is 10.3. The number of hydrogen-bond acceptors (Lipinski definition) is 4. The van der Waals surface area contributed by atoms with Gasteiger partial charge in [0.1, 0.15) is 0 Å². The number of nitrogens with zero attached hydrogens (tertiary/aromatic N) is 1. The van der Waals surface area contributed by atoms with Crippen LogP contribution in [0.25, 0.3) is 0 Å². The van der Waals surface area contributed by atoms with Crippen molar-refractivity contribution in [3.8, 4) is 0 Å². The first-order chi connectivity index (χ1) is 11.9. The zero-order valence-electron chi connectivity index (χ0n) is 13.8. The normalized spacial score (nSPS) is 15.9. The van der Waals surface area contributed by atoms with Gasteiger partial charge in [-0.15, -0.1) is 0 Å². The maximum Gasteiger partial charge on any atom is 0.291 e. The molecule has 0 spiro atoms. The molecule has 0 unspecified atom stereocenters. The first-order valence-electron chi connectivity index (χ1n) is 8.05. The van der Waals surface area contributed by atoms with E-state index >= 15 is 0 Å². The van der Waals surface area contributed by atoms with E-state index in [1.807, 2.05) is 19.1 Å². The Hall–Kier alpha value is -1.64. The zero-order chi connectivity index (χ0) is 18.0. The van der Waals surface area contributed by atoms with Crippen molar-refractivity contribution in [3.63, 3.8) is 0 Å². The number of hydrogen-bond donors (Lipinski definition) is 1. The van der Waals surface area contributed by atoms with Crippen LogP contribution in [0.1, 0.15) is 35.4 Å². The molecular weight excluding hydrogens is 408 g/mol. The summed E-state index contributed by atoms with van der Waals surface area (Å²) in [7, 11) is -3.68. The molecule has 1 aliphatic heterocycles. The molecular formula is C17H19BrN2O4S. The van der Waals surface area contributed by atoms with Gasteiger partial charge < -0.3 is 9.73 Å². The molecule has 1 N–H and O–H groups in total. The zero-order valence-corrected chi connectivity index (χ0v) is 16.2. The second-order valence-corrected chi connectivity index (χ2v) is 8.72. The van der Waals surface area contributed by atoms with E-state index in [0.29, 0.717) is 18.8 Å². The fourth-order valence-corrected chi connectivity index (χ4v) is 4.40. The highest BCUT2D eigenvalue weighted by atomic mass is 79.9. The van der Waals surface area contributed by atoms with Crippen LogP contribution in [0.5, 0.6) is 0 Å². The monoisotopic (exact) mass is 426 g/mol. The topological polar surface area (TPSA) is 79.6 Å². The highest BCUT2D eigenvalue weighted by molar-refractivity contribution is 9.10. The van der Waals surface area contributed by atoms with Crippen molar-refractivity contribution in [3.05, 3.63) is 46.1 Å². The van der Waals surface area contributed by atoms with E-state index in [-0.39, 0.29) is 10.9 Å². The van der Waals surface area contributed by atoms with Gasteiger partial charge in [-0.3, -0.25) is 4.79 Å². The van der Waals surface area contributed by atoms with Crippen LogP contribution >= 0.6 is 15.9 Å². The molecule has 1 amide bonds. The van der Waals surface area contributed by atoms with Gasteiger partial charge >= 0.3 is 0 Å². The summed E-state index contributed by atoms with van der Waals surface area (Å²) in [5.41, 5.74) is 1.59. The Bertz CT molecular complexity index is 886. The smallest absolute Gasteiger partial charge is 0.291 e. The van der Waals surface area contributed by atoms with Gasteiger partial charge in [0.05, 0.1) is 0 Å². The Morgan fingerprint density at radius 1 is 1.16 bits per heavy atom. The lowest BCUT2D eigenvalue weighted by Gasteiger charge is -2.24. The fourth-order valence-electron chi connectivity index (χ4n) is 2.73. The Morgan fingerprint density at radius 3 is 2.56 bits per heavy atom. The third-order valence-electron chi connectivity index (χ3n) is 4.13. The predicted molar refractivity (Wildman–Crippen MR) is 98.2 cm³/mol. The van der Waals surface area contributed by atoms with Gasteiger partial charge in [0.15, 0.2) is 5.76 Å². The van der Waals surface area contributed by atoms with Crippen LogP contribution < -0.4 is 5.32 Å². The van der Waals surface area contributed by atoms with E-state index in [2.05, 4.69) is 21.2 Å². The number of nitrogens with one attached hydrogen (secondary N) is 1. The summed E-state index contributed by atoms with van der Waals surface area (Å²) in [5, 5.41) is 2.52. The second-order valence-electron chi connectivity index (χ2n) is 6.00. The van der Waals surface area contributed by atoms with Crippen LogP contribution in [-0.4, -0.2) is 31.7 Å². The van der Waals surface area contributed by atoms with Crippen LogP contribution in [0, 0.1) is 6.92 Å². The van der Waals surface area contributed by atoms with Crippen molar-refractivity contribution in [2.24, 2.45) is 0 Å². The lowest BCUT2D eigenvalue weighted by molar-refractivity contribution is 0.0991. The average Bonchev–Trinajstić information content (AvgIpc) is 3.10. The quantitative estimate of drug-likeness (QED) is 0.806. The minimum Gasteiger partial charge on any atom is -0.438 e. The van der Waals surface area contributed by atoms with Crippen LogP contribution in [-0.2, 0) is 10.0 Å². The Balaban J connectivity index is 1.76. The molecule has 8 heteroatoms. The van der Waals surface area contributed by atoms with Crippen LogP contribution in [0.3, 0.4) is 0 Å². The third kappa shape index (κ3) is 3.96. The molecule has 0 aliphatic carbocycles. The average molecular weight is 427 g/mol. The summed E-state index contributed by atoms with van der Waals surface area (Å²) >= 11 is 3.40. The van der Waals surface area contributed by atoms with Gasteiger partial charge in [-0.25, -0.2) is 8.42 Å². The number of sulfonamides is 1. The molecule has 0 radical (unpaired) electrons. The number of furan rings is 1. The summed E-state index contributed by atoms with van der Waals surface area (Å²) in [6.45, 7) is 2.89. The first kappa shape index (κ1) is 18.2. The molecule has 1 aliphatic rings. The van der Waals surface area contributed by atoms with Crippen LogP contribution in [0.4, 0.5) is 5.69 Å². The number of carbonyl (C=O) groups is 1. The van der Waals surface area contributed by atoms with Crippen molar-refractivity contribution < 1.29 is 17.6 Å². The molecule has 1 fully saturated rings. The largest absolute Gasteiger partial charge is 0.438 e. The van der Waals surface area contributed by atoms with Crippen molar-refractivity contribution in [2.75, 3.05) is 18.4 Å². The summed E-state index contributed by atoms with van der Waals surface area (Å²) < 4.78 is 32.8. The molecule has 134 valence electrons. The maximum absolute atomic E-state index is 12.6. The number of anilines is 1. The summed E-state index contributed by atoms with van der Waals surface area (Å²) in [6, 6.07) is 8.13. The van der Waals surface area contributed by atoms with Crippen molar-refractivity contribution in [1.82, 2.24) is 4.31 Å². The van der Waals surface area contributed by atoms with Crippen molar-refractivity contribution in [2.45, 2.75) is 31.3 Å². The molecule has 3 rings (SSSR count). The van der Waals surface area contributed by atoms with Gasteiger partial charge in [-0.05, 0) is 55.7 Å². The lowest BCUT2D eigenvalue weighted by Crippen LogP contribution is -2.35. The van der Waals surface area contributed by atoms with Gasteiger partial charge in [0, 0.05) is 23.2 Å². The standard InChI is InChI=1S/C17H19BrN2O4S/c1-12-11-13(5-6-14(12)18)19-17(21)15-7-8-16(24-15)25(22,23)20-9-3-2-4-10-20/h5-8,11H,2-4,9-10H2,1H3,(H,19,21). The summed E-state index contributed by atoms with van der Waals surface area (Å²) in [6.07, 6.45) is 2.72. The molecule has 2 aromatic rings. The Kier molecular flexibility index (Phi) is 5.31. The highest BCUT2D eigenvalue weighted by Crippen LogP contribution is 2.24. The van der Waals surface area contributed by atoms with Gasteiger partial charge in [0.25, 0.3) is 15.9 Å². The summed E-state index contributed by atoms with van der Waals surface area (Å²) in [5.74, 6) is -0.516. The van der Waals surface area contributed by atoms with E-state index in [9.17, 15) is 13.2 Å². The lowest BCUT2D eigenvalue weighted by atomic mass is 10.2. The number of aryl methyl sites for hydroxylation is 1. The maximum atomic E-state index is 12.6. The van der Waals surface area contributed by atoms with Gasteiger partial charge in [-0.1, -0.05) is 22.4 Å². The molecule has 0 saturated carbocycles. The molecule has 0 bridgehead atoms. The molecule has 0 atom stereocenters. The number of piperidine rings is 1. The molecule has 2 heterocycles. The molecule has 25 heavy (non-hydrogen) atoms. The minimum atomic E-state index is -3.68. The van der Waals surface area contributed by atoms with Gasteiger partial charge in [-0.2, -0.15) is 4.31 Å². The SMILES string of the molecule is Cc1cc(NC(=O)c2ccc(S(=O)(=O)N3CCCCC3)o2)ccc1Br. The van der Waals surface area contributed by atoms with Crippen LogP contribution in [0.2, 0.25) is 0 Å². The number of rotatable bonds is 4. The van der Waals surface area contributed by atoms with E-state index in [1.54, 1.807) is 6.07 Å². The number of benzene rings is 1. The Morgan fingerprint density at radius 2 is 1.88 bits per heavy atom.